The monoisotopic (exact) mass is 420 g/mol. The number of hydrogen-bond acceptors (Lipinski definition) is 4. The molecule has 0 saturated carbocycles. The van der Waals surface area contributed by atoms with Crippen LogP contribution in [0.15, 0.2) is 60.3 Å². The summed E-state index contributed by atoms with van der Waals surface area (Å²) in [6.07, 6.45) is 3.28. The van der Waals surface area contributed by atoms with Crippen LogP contribution in [0.4, 0.5) is 5.69 Å². The van der Waals surface area contributed by atoms with E-state index in [-0.39, 0.29) is 17.2 Å². The normalized spacial score (nSPS) is 15.7. The number of rotatable bonds is 3. The first-order chi connectivity index (χ1) is 14.0. The highest BCUT2D eigenvalue weighted by atomic mass is 35.5. The largest absolute Gasteiger partial charge is 0.333 e. The number of para-hydroxylation sites is 1. The molecule has 1 N–H and O–H groups in total. The molecule has 8 heteroatoms. The lowest BCUT2D eigenvalue weighted by Gasteiger charge is -2.28. The van der Waals surface area contributed by atoms with Crippen LogP contribution in [0.25, 0.3) is 17.0 Å². The van der Waals surface area contributed by atoms with Crippen LogP contribution in [0.5, 0.6) is 0 Å². The van der Waals surface area contributed by atoms with Crippen LogP contribution in [0.2, 0.25) is 5.02 Å². The smallest absolute Gasteiger partial charge is 0.270 e. The van der Waals surface area contributed by atoms with Gasteiger partial charge in [-0.15, -0.1) is 0 Å². The molecule has 1 aromatic heterocycles. The van der Waals surface area contributed by atoms with Gasteiger partial charge in [-0.05, 0) is 48.6 Å². The Morgan fingerprint density at radius 1 is 1.14 bits per heavy atom. The van der Waals surface area contributed by atoms with Crippen molar-refractivity contribution in [3.8, 4) is 6.07 Å². The molecule has 142 valence electrons. The number of nitrogens with zero attached hydrogens (tertiary/aromatic N) is 3. The van der Waals surface area contributed by atoms with E-state index in [0.29, 0.717) is 16.3 Å². The first-order valence-electron chi connectivity index (χ1n) is 8.61. The third-order valence-corrected chi connectivity index (χ3v) is 5.08. The van der Waals surface area contributed by atoms with Crippen LogP contribution < -0.4 is 10.2 Å². The fraction of sp³-hybridized carbons (Fsp3) is 0.0476. The summed E-state index contributed by atoms with van der Waals surface area (Å²) in [4.78, 5) is 26.9. The average Bonchev–Trinajstić information content (AvgIpc) is 3.04. The third-order valence-electron chi connectivity index (χ3n) is 4.55. The van der Waals surface area contributed by atoms with Crippen LogP contribution in [0.1, 0.15) is 5.56 Å². The Morgan fingerprint density at radius 3 is 2.59 bits per heavy atom. The van der Waals surface area contributed by atoms with Crippen LogP contribution in [-0.2, 0) is 16.1 Å². The quantitative estimate of drug-likeness (QED) is 0.398. The van der Waals surface area contributed by atoms with Crippen LogP contribution in [0.3, 0.4) is 0 Å². The highest BCUT2D eigenvalue weighted by molar-refractivity contribution is 7.80. The number of halogens is 1. The highest BCUT2D eigenvalue weighted by Gasteiger charge is 2.34. The van der Waals surface area contributed by atoms with E-state index in [1.54, 1.807) is 35.0 Å². The number of carbonyl (C=O) groups excluding carboxylic acids is 2. The maximum Gasteiger partial charge on any atom is 0.270 e. The van der Waals surface area contributed by atoms with Crippen molar-refractivity contribution in [1.82, 2.24) is 9.88 Å². The number of nitrogens with one attached hydrogen (secondary N) is 1. The minimum absolute atomic E-state index is 0.00591. The third kappa shape index (κ3) is 3.40. The predicted octanol–water partition coefficient (Wildman–Crippen LogP) is 3.65. The molecule has 0 unspecified atom stereocenters. The number of fused-ring (bicyclic) bond motifs is 1. The first kappa shape index (κ1) is 18.9. The molecule has 0 bridgehead atoms. The van der Waals surface area contributed by atoms with Gasteiger partial charge in [-0.2, -0.15) is 5.26 Å². The van der Waals surface area contributed by atoms with Gasteiger partial charge in [-0.1, -0.05) is 29.8 Å². The van der Waals surface area contributed by atoms with Gasteiger partial charge in [0, 0.05) is 27.7 Å². The summed E-state index contributed by atoms with van der Waals surface area (Å²) in [5.74, 6) is -1.10. The lowest BCUT2D eigenvalue weighted by molar-refractivity contribution is -0.122. The molecular weight excluding hydrogens is 408 g/mol. The Labute approximate surface area is 176 Å². The fourth-order valence-electron chi connectivity index (χ4n) is 3.23. The van der Waals surface area contributed by atoms with E-state index < -0.39 is 11.8 Å². The molecule has 0 atom stereocenters. The molecular formula is C21H13ClN4O2S. The van der Waals surface area contributed by atoms with Crippen LogP contribution >= 0.6 is 23.8 Å². The molecule has 2 amide bonds. The molecule has 0 radical (unpaired) electrons. The maximum absolute atomic E-state index is 13.1. The first-order valence-corrected chi connectivity index (χ1v) is 9.40. The molecule has 29 heavy (non-hydrogen) atoms. The average molecular weight is 421 g/mol. The van der Waals surface area contributed by atoms with Gasteiger partial charge in [0.15, 0.2) is 5.11 Å². The van der Waals surface area contributed by atoms with E-state index in [9.17, 15) is 9.59 Å². The van der Waals surface area contributed by atoms with Crippen molar-refractivity contribution >= 4 is 63.4 Å². The SMILES string of the molecule is N#CCn1cc(/C=C2\C(=O)NC(=S)N(c3ccc(Cl)cc3)C2=O)c2ccccc21. The maximum atomic E-state index is 13.1. The molecule has 1 aliphatic rings. The zero-order chi connectivity index (χ0) is 20.5. The summed E-state index contributed by atoms with van der Waals surface area (Å²) in [5, 5.41) is 13.0. The lowest BCUT2D eigenvalue weighted by atomic mass is 10.1. The Morgan fingerprint density at radius 2 is 1.86 bits per heavy atom. The number of anilines is 1. The van der Waals surface area contributed by atoms with Gasteiger partial charge >= 0.3 is 0 Å². The molecule has 2 aromatic carbocycles. The standard InChI is InChI=1S/C21H13ClN4O2S/c22-14-5-7-15(8-6-14)26-20(28)17(19(27)24-21(26)29)11-13-12-25(10-9-23)18-4-2-1-3-16(13)18/h1-8,11-12H,10H2,(H,24,27,29)/b17-11+. The minimum atomic E-state index is -0.567. The fourth-order valence-corrected chi connectivity index (χ4v) is 3.64. The number of aromatic nitrogens is 1. The summed E-state index contributed by atoms with van der Waals surface area (Å²) in [7, 11) is 0. The number of hydrogen-bond donors (Lipinski definition) is 1. The number of thiocarbonyl (C=S) groups is 1. The minimum Gasteiger partial charge on any atom is -0.333 e. The highest BCUT2D eigenvalue weighted by Crippen LogP contribution is 2.27. The number of nitriles is 1. The van der Waals surface area contributed by atoms with Gasteiger partial charge in [0.1, 0.15) is 12.1 Å². The summed E-state index contributed by atoms with van der Waals surface area (Å²) in [6.45, 7) is 0.158. The molecule has 1 saturated heterocycles. The zero-order valence-electron chi connectivity index (χ0n) is 14.9. The van der Waals surface area contributed by atoms with E-state index >= 15 is 0 Å². The lowest BCUT2D eigenvalue weighted by Crippen LogP contribution is -2.54. The van der Waals surface area contributed by atoms with Gasteiger partial charge in [0.2, 0.25) is 0 Å². The van der Waals surface area contributed by atoms with Gasteiger partial charge in [0.25, 0.3) is 11.8 Å². The molecule has 3 aromatic rings. The summed E-state index contributed by atoms with van der Waals surface area (Å²) >= 11 is 11.1. The van der Waals surface area contributed by atoms with Crippen molar-refractivity contribution in [2.45, 2.75) is 6.54 Å². The molecule has 2 heterocycles. The van der Waals surface area contributed by atoms with E-state index in [1.807, 2.05) is 24.3 Å². The predicted molar refractivity (Wildman–Crippen MR) is 115 cm³/mol. The van der Waals surface area contributed by atoms with Gasteiger partial charge in [0.05, 0.1) is 11.8 Å². The zero-order valence-corrected chi connectivity index (χ0v) is 16.5. The Kier molecular flexibility index (Phi) is 4.89. The molecule has 1 fully saturated rings. The molecule has 0 aliphatic carbocycles. The van der Waals surface area contributed by atoms with Crippen molar-refractivity contribution in [2.75, 3.05) is 4.90 Å². The molecule has 4 rings (SSSR count). The summed E-state index contributed by atoms with van der Waals surface area (Å²) in [6, 6.07) is 16.2. The van der Waals surface area contributed by atoms with Gasteiger partial charge in [-0.3, -0.25) is 19.8 Å². The second kappa shape index (κ2) is 7.51. The second-order valence-corrected chi connectivity index (χ2v) is 7.15. The van der Waals surface area contributed by atoms with Crippen molar-refractivity contribution in [3.63, 3.8) is 0 Å². The molecule has 6 nitrogen and oxygen atoms in total. The number of benzene rings is 2. The van der Waals surface area contributed by atoms with E-state index in [2.05, 4.69) is 11.4 Å². The van der Waals surface area contributed by atoms with E-state index in [4.69, 9.17) is 29.1 Å². The van der Waals surface area contributed by atoms with Crippen LogP contribution in [0, 0.1) is 11.3 Å². The van der Waals surface area contributed by atoms with E-state index in [1.165, 1.54) is 11.0 Å². The second-order valence-electron chi connectivity index (χ2n) is 6.32. The van der Waals surface area contributed by atoms with Crippen molar-refractivity contribution in [1.29, 1.82) is 5.26 Å². The van der Waals surface area contributed by atoms with Crippen molar-refractivity contribution in [3.05, 3.63) is 70.9 Å². The van der Waals surface area contributed by atoms with Crippen molar-refractivity contribution < 1.29 is 9.59 Å². The van der Waals surface area contributed by atoms with Crippen molar-refractivity contribution in [2.24, 2.45) is 0 Å². The Bertz CT molecular complexity index is 1240. The van der Waals surface area contributed by atoms with Gasteiger partial charge < -0.3 is 4.57 Å². The Hall–Kier alpha value is -3.47. The Balaban J connectivity index is 1.81. The van der Waals surface area contributed by atoms with Gasteiger partial charge in [-0.25, -0.2) is 0 Å². The topological polar surface area (TPSA) is 78.1 Å². The molecule has 1 aliphatic heterocycles. The summed E-state index contributed by atoms with van der Waals surface area (Å²) in [5.41, 5.74) is 1.96. The number of amides is 2. The molecule has 0 spiro atoms. The van der Waals surface area contributed by atoms with Crippen LogP contribution in [-0.4, -0.2) is 21.5 Å². The number of carbonyl (C=O) groups is 2. The van der Waals surface area contributed by atoms with E-state index in [0.717, 1.165) is 10.9 Å². The summed E-state index contributed by atoms with van der Waals surface area (Å²) < 4.78 is 1.77.